The van der Waals surface area contributed by atoms with Gasteiger partial charge in [0.25, 0.3) is 5.91 Å². The van der Waals surface area contributed by atoms with Gasteiger partial charge in [-0.05, 0) is 48.4 Å². The van der Waals surface area contributed by atoms with Gasteiger partial charge in [-0.1, -0.05) is 13.0 Å². The molecule has 0 spiro atoms. The normalized spacial score (nSPS) is 21.2. The standard InChI is InChI=1S/C20H25N3OS/c1-15-4-5-18-17(11-15)12-19(25-18)20(24)23-9-7-22(8-10-23)14-16-3-2-6-21-13-16/h2-3,6,12-13,15H,4-5,7-11,14H2,1H3. The summed E-state index contributed by atoms with van der Waals surface area (Å²) >= 11 is 1.73. The first-order valence-corrected chi connectivity index (χ1v) is 10.0. The highest BCUT2D eigenvalue weighted by atomic mass is 32.1. The Labute approximate surface area is 153 Å². The summed E-state index contributed by atoms with van der Waals surface area (Å²) in [5.74, 6) is 0.981. The molecular weight excluding hydrogens is 330 g/mol. The van der Waals surface area contributed by atoms with Crippen LogP contribution in [0.25, 0.3) is 0 Å². The monoisotopic (exact) mass is 355 g/mol. The van der Waals surface area contributed by atoms with Crippen LogP contribution in [0.1, 0.15) is 39.0 Å². The topological polar surface area (TPSA) is 36.4 Å². The van der Waals surface area contributed by atoms with Crippen molar-refractivity contribution in [1.29, 1.82) is 0 Å². The van der Waals surface area contributed by atoms with Crippen molar-refractivity contribution in [3.63, 3.8) is 0 Å². The maximum absolute atomic E-state index is 12.9. The summed E-state index contributed by atoms with van der Waals surface area (Å²) in [5.41, 5.74) is 2.66. The molecule has 0 N–H and O–H groups in total. The number of nitrogens with zero attached hydrogens (tertiary/aromatic N) is 3. The molecule has 5 heteroatoms. The van der Waals surface area contributed by atoms with Crippen LogP contribution in [0.5, 0.6) is 0 Å². The average molecular weight is 356 g/mol. The molecule has 4 rings (SSSR count). The van der Waals surface area contributed by atoms with Crippen LogP contribution in [-0.2, 0) is 19.4 Å². The Morgan fingerprint density at radius 2 is 2.16 bits per heavy atom. The second kappa shape index (κ2) is 7.26. The van der Waals surface area contributed by atoms with E-state index in [0.29, 0.717) is 0 Å². The van der Waals surface area contributed by atoms with E-state index in [1.807, 2.05) is 23.4 Å². The predicted octanol–water partition coefficient (Wildman–Crippen LogP) is 3.23. The van der Waals surface area contributed by atoms with Gasteiger partial charge in [-0.25, -0.2) is 0 Å². The number of carbonyl (C=O) groups is 1. The van der Waals surface area contributed by atoms with Crippen LogP contribution < -0.4 is 0 Å². The van der Waals surface area contributed by atoms with Crippen LogP contribution in [-0.4, -0.2) is 46.9 Å². The van der Waals surface area contributed by atoms with E-state index < -0.39 is 0 Å². The lowest BCUT2D eigenvalue weighted by Crippen LogP contribution is -2.48. The van der Waals surface area contributed by atoms with Gasteiger partial charge in [-0.2, -0.15) is 0 Å². The highest BCUT2D eigenvalue weighted by molar-refractivity contribution is 7.14. The second-order valence-corrected chi connectivity index (χ2v) is 8.47. The molecule has 0 aromatic carbocycles. The van der Waals surface area contributed by atoms with E-state index in [0.717, 1.165) is 56.4 Å². The summed E-state index contributed by atoms with van der Waals surface area (Å²) in [6.07, 6.45) is 7.27. The Kier molecular flexibility index (Phi) is 4.86. The largest absolute Gasteiger partial charge is 0.335 e. The molecule has 1 aliphatic heterocycles. The maximum atomic E-state index is 12.9. The van der Waals surface area contributed by atoms with Gasteiger partial charge in [0.1, 0.15) is 0 Å². The molecule has 25 heavy (non-hydrogen) atoms. The van der Waals surface area contributed by atoms with E-state index in [9.17, 15) is 4.79 Å². The molecule has 3 heterocycles. The zero-order valence-corrected chi connectivity index (χ0v) is 15.6. The van der Waals surface area contributed by atoms with Gasteiger partial charge >= 0.3 is 0 Å². The number of fused-ring (bicyclic) bond motifs is 1. The van der Waals surface area contributed by atoms with Crippen molar-refractivity contribution < 1.29 is 4.79 Å². The number of hydrogen-bond donors (Lipinski definition) is 0. The number of aryl methyl sites for hydroxylation is 1. The fourth-order valence-electron chi connectivity index (χ4n) is 3.83. The highest BCUT2D eigenvalue weighted by Crippen LogP contribution is 2.32. The molecule has 4 nitrogen and oxygen atoms in total. The molecule has 1 saturated heterocycles. The number of carbonyl (C=O) groups excluding carboxylic acids is 1. The molecule has 132 valence electrons. The van der Waals surface area contributed by atoms with E-state index >= 15 is 0 Å². The Morgan fingerprint density at radius 1 is 1.32 bits per heavy atom. The quantitative estimate of drug-likeness (QED) is 0.848. The van der Waals surface area contributed by atoms with Crippen molar-refractivity contribution in [2.45, 2.75) is 32.7 Å². The van der Waals surface area contributed by atoms with Crippen LogP contribution in [0.3, 0.4) is 0 Å². The third-order valence-corrected chi connectivity index (χ3v) is 6.55. The first-order chi connectivity index (χ1) is 12.2. The molecule has 0 saturated carbocycles. The molecule has 1 aliphatic carbocycles. The minimum Gasteiger partial charge on any atom is -0.335 e. The molecule has 2 aliphatic rings. The minimum absolute atomic E-state index is 0.230. The number of hydrogen-bond acceptors (Lipinski definition) is 4. The van der Waals surface area contributed by atoms with Crippen LogP contribution in [0.2, 0.25) is 0 Å². The van der Waals surface area contributed by atoms with E-state index in [4.69, 9.17) is 0 Å². The van der Waals surface area contributed by atoms with Crippen molar-refractivity contribution >= 4 is 17.2 Å². The third-order valence-electron chi connectivity index (χ3n) is 5.33. The van der Waals surface area contributed by atoms with Crippen LogP contribution >= 0.6 is 11.3 Å². The lowest BCUT2D eigenvalue weighted by molar-refractivity contribution is 0.0633. The lowest BCUT2D eigenvalue weighted by atomic mass is 9.90. The molecule has 1 atom stereocenters. The molecule has 1 fully saturated rings. The summed E-state index contributed by atoms with van der Waals surface area (Å²) in [5, 5.41) is 0. The molecule has 0 radical (unpaired) electrons. The fraction of sp³-hybridized carbons (Fsp3) is 0.500. The summed E-state index contributed by atoms with van der Waals surface area (Å²) in [7, 11) is 0. The predicted molar refractivity (Wildman–Crippen MR) is 101 cm³/mol. The molecule has 2 aromatic heterocycles. The van der Waals surface area contributed by atoms with Gasteiger partial charge in [0.05, 0.1) is 4.88 Å². The summed E-state index contributed by atoms with van der Waals surface area (Å²) in [4.78, 5) is 23.9. The SMILES string of the molecule is CC1CCc2sc(C(=O)N3CCN(Cc4cccnc4)CC3)cc2C1. The Bertz CT molecular complexity index is 735. The maximum Gasteiger partial charge on any atom is 0.264 e. The van der Waals surface area contributed by atoms with Gasteiger partial charge in [0, 0.05) is 50.0 Å². The molecular formula is C20H25N3OS. The summed E-state index contributed by atoms with van der Waals surface area (Å²) < 4.78 is 0. The van der Waals surface area contributed by atoms with Crippen LogP contribution in [0, 0.1) is 5.92 Å². The van der Waals surface area contributed by atoms with Gasteiger partial charge in [-0.3, -0.25) is 14.7 Å². The van der Waals surface area contributed by atoms with Crippen molar-refractivity contribution in [3.8, 4) is 0 Å². The van der Waals surface area contributed by atoms with E-state index in [1.165, 1.54) is 22.4 Å². The van der Waals surface area contributed by atoms with Gasteiger partial charge in [-0.15, -0.1) is 11.3 Å². The highest BCUT2D eigenvalue weighted by Gasteiger charge is 2.26. The second-order valence-electron chi connectivity index (χ2n) is 7.34. The van der Waals surface area contributed by atoms with Gasteiger partial charge < -0.3 is 4.90 Å². The molecule has 1 unspecified atom stereocenters. The minimum atomic E-state index is 0.230. The number of amides is 1. The molecule has 2 aromatic rings. The number of pyridine rings is 1. The van der Waals surface area contributed by atoms with Crippen molar-refractivity contribution in [3.05, 3.63) is 51.5 Å². The Morgan fingerprint density at radius 3 is 2.92 bits per heavy atom. The molecule has 1 amide bonds. The summed E-state index contributed by atoms with van der Waals surface area (Å²) in [6, 6.07) is 6.26. The van der Waals surface area contributed by atoms with Crippen molar-refractivity contribution in [2.24, 2.45) is 5.92 Å². The summed E-state index contributed by atoms with van der Waals surface area (Å²) in [6.45, 7) is 6.73. The smallest absolute Gasteiger partial charge is 0.264 e. The number of piperazine rings is 1. The number of aromatic nitrogens is 1. The Hall–Kier alpha value is -1.72. The van der Waals surface area contributed by atoms with E-state index in [2.05, 4.69) is 28.9 Å². The first kappa shape index (κ1) is 16.7. The third kappa shape index (κ3) is 3.77. The molecule has 0 bridgehead atoms. The van der Waals surface area contributed by atoms with Gasteiger partial charge in [0.2, 0.25) is 0 Å². The zero-order chi connectivity index (χ0) is 17.2. The van der Waals surface area contributed by atoms with Crippen molar-refractivity contribution in [1.82, 2.24) is 14.8 Å². The average Bonchev–Trinajstić information content (AvgIpc) is 3.06. The van der Waals surface area contributed by atoms with Crippen LogP contribution in [0.4, 0.5) is 0 Å². The van der Waals surface area contributed by atoms with E-state index in [-0.39, 0.29) is 5.91 Å². The Balaban J connectivity index is 1.35. The lowest BCUT2D eigenvalue weighted by Gasteiger charge is -2.34. The van der Waals surface area contributed by atoms with Gasteiger partial charge in [0.15, 0.2) is 0 Å². The van der Waals surface area contributed by atoms with Crippen molar-refractivity contribution in [2.75, 3.05) is 26.2 Å². The number of thiophene rings is 1. The van der Waals surface area contributed by atoms with E-state index in [1.54, 1.807) is 11.3 Å². The first-order valence-electron chi connectivity index (χ1n) is 9.21. The van der Waals surface area contributed by atoms with Crippen LogP contribution in [0.15, 0.2) is 30.6 Å². The zero-order valence-electron chi connectivity index (χ0n) is 14.8. The fourth-order valence-corrected chi connectivity index (χ4v) is 5.00. The number of rotatable bonds is 3.